The monoisotopic (exact) mass is 240 g/mol. The number of carboxylic acids is 1. The Balaban J connectivity index is 2.01. The minimum Gasteiger partial charge on any atom is -0.481 e. The van der Waals surface area contributed by atoms with Crippen molar-refractivity contribution < 1.29 is 14.7 Å². The minimum atomic E-state index is -0.785. The summed E-state index contributed by atoms with van der Waals surface area (Å²) >= 11 is 0. The maximum Gasteiger partial charge on any atom is 0.308 e. The number of carboxylic acid groups (broad SMARTS) is 1. The first-order chi connectivity index (χ1) is 8.03. The van der Waals surface area contributed by atoms with Crippen LogP contribution in [0.25, 0.3) is 0 Å². The van der Waals surface area contributed by atoms with Crippen molar-refractivity contribution >= 4 is 11.9 Å². The Morgan fingerprint density at radius 3 is 2.76 bits per heavy atom. The molecule has 0 aliphatic carbocycles. The largest absolute Gasteiger partial charge is 0.481 e. The molecule has 0 bridgehead atoms. The highest BCUT2D eigenvalue weighted by Gasteiger charge is 2.40. The molecule has 2 heterocycles. The van der Waals surface area contributed by atoms with E-state index in [1.54, 1.807) is 4.90 Å². The van der Waals surface area contributed by atoms with Gasteiger partial charge in [-0.25, -0.2) is 0 Å². The maximum atomic E-state index is 12.4. The van der Waals surface area contributed by atoms with Crippen molar-refractivity contribution in [2.24, 2.45) is 5.92 Å². The van der Waals surface area contributed by atoms with Gasteiger partial charge < -0.3 is 15.3 Å². The van der Waals surface area contributed by atoms with E-state index in [1.807, 2.05) is 6.92 Å². The molecule has 2 rings (SSSR count). The molecule has 1 amide bonds. The molecular formula is C12H20N2O3. The van der Waals surface area contributed by atoms with Gasteiger partial charge in [0.15, 0.2) is 0 Å². The highest BCUT2D eigenvalue weighted by atomic mass is 16.4. The van der Waals surface area contributed by atoms with Crippen LogP contribution in [0.4, 0.5) is 0 Å². The van der Waals surface area contributed by atoms with E-state index in [-0.39, 0.29) is 5.91 Å². The summed E-state index contributed by atoms with van der Waals surface area (Å²) in [5, 5.41) is 12.2. The quantitative estimate of drug-likeness (QED) is 0.735. The Labute approximate surface area is 101 Å². The first kappa shape index (κ1) is 12.4. The van der Waals surface area contributed by atoms with Crippen LogP contribution in [0.2, 0.25) is 0 Å². The number of piperidine rings is 1. The lowest BCUT2D eigenvalue weighted by molar-refractivity contribution is -0.147. The van der Waals surface area contributed by atoms with E-state index in [1.165, 1.54) is 0 Å². The van der Waals surface area contributed by atoms with Gasteiger partial charge in [0.1, 0.15) is 0 Å². The average molecular weight is 240 g/mol. The lowest BCUT2D eigenvalue weighted by Crippen LogP contribution is -2.55. The Morgan fingerprint density at radius 2 is 2.18 bits per heavy atom. The predicted molar refractivity (Wildman–Crippen MR) is 62.6 cm³/mol. The standard InChI is InChI=1S/C12H20N2O3/c1-12(5-3-6-13-12)11(17)14-7-2-4-9(8-14)10(15)16/h9,13H,2-8H2,1H3,(H,15,16)/t9-,12?/m0/s1. The molecule has 0 aromatic heterocycles. The molecule has 0 aromatic rings. The number of hydrogen-bond acceptors (Lipinski definition) is 3. The van der Waals surface area contributed by atoms with Crippen LogP contribution in [0, 0.1) is 5.92 Å². The summed E-state index contributed by atoms with van der Waals surface area (Å²) in [6.07, 6.45) is 3.33. The summed E-state index contributed by atoms with van der Waals surface area (Å²) in [4.78, 5) is 25.1. The van der Waals surface area contributed by atoms with Gasteiger partial charge in [0, 0.05) is 13.1 Å². The second kappa shape index (κ2) is 4.64. The third-order valence-electron chi connectivity index (χ3n) is 3.90. The van der Waals surface area contributed by atoms with Crippen LogP contribution in [0.15, 0.2) is 0 Å². The topological polar surface area (TPSA) is 69.6 Å². The summed E-state index contributed by atoms with van der Waals surface area (Å²) in [5.74, 6) is -1.11. The van der Waals surface area contributed by atoms with E-state index >= 15 is 0 Å². The Bertz CT molecular complexity index is 324. The highest BCUT2D eigenvalue weighted by molar-refractivity contribution is 5.87. The van der Waals surface area contributed by atoms with Crippen LogP contribution in [0.3, 0.4) is 0 Å². The van der Waals surface area contributed by atoms with Gasteiger partial charge >= 0.3 is 5.97 Å². The first-order valence-electron chi connectivity index (χ1n) is 6.30. The molecule has 5 nitrogen and oxygen atoms in total. The van der Waals surface area contributed by atoms with Crippen LogP contribution < -0.4 is 5.32 Å². The second-order valence-electron chi connectivity index (χ2n) is 5.29. The number of nitrogens with zero attached hydrogens (tertiary/aromatic N) is 1. The van der Waals surface area contributed by atoms with Crippen molar-refractivity contribution in [3.05, 3.63) is 0 Å². The average Bonchev–Trinajstić information content (AvgIpc) is 2.76. The number of amides is 1. The molecule has 2 saturated heterocycles. The van der Waals surface area contributed by atoms with E-state index in [2.05, 4.69) is 5.32 Å². The number of hydrogen-bond donors (Lipinski definition) is 2. The second-order valence-corrected chi connectivity index (χ2v) is 5.29. The molecule has 2 N–H and O–H groups in total. The summed E-state index contributed by atoms with van der Waals surface area (Å²) in [7, 11) is 0. The fourth-order valence-electron chi connectivity index (χ4n) is 2.79. The van der Waals surface area contributed by atoms with E-state index in [9.17, 15) is 9.59 Å². The van der Waals surface area contributed by atoms with E-state index in [4.69, 9.17) is 5.11 Å². The Kier molecular flexibility index (Phi) is 3.38. The van der Waals surface area contributed by atoms with E-state index < -0.39 is 17.4 Å². The van der Waals surface area contributed by atoms with Crippen LogP contribution in [0.1, 0.15) is 32.6 Å². The molecule has 0 aromatic carbocycles. The van der Waals surface area contributed by atoms with Crippen LogP contribution in [-0.4, -0.2) is 47.1 Å². The lowest BCUT2D eigenvalue weighted by atomic mass is 9.93. The number of rotatable bonds is 2. The van der Waals surface area contributed by atoms with Gasteiger partial charge in [-0.1, -0.05) is 0 Å². The molecule has 96 valence electrons. The fraction of sp³-hybridized carbons (Fsp3) is 0.833. The van der Waals surface area contributed by atoms with Crippen molar-refractivity contribution in [2.45, 2.75) is 38.1 Å². The number of carbonyl (C=O) groups is 2. The van der Waals surface area contributed by atoms with Crippen molar-refractivity contribution in [3.8, 4) is 0 Å². The molecule has 0 saturated carbocycles. The zero-order valence-corrected chi connectivity index (χ0v) is 10.2. The molecule has 1 unspecified atom stereocenters. The summed E-state index contributed by atoms with van der Waals surface area (Å²) in [5.41, 5.74) is -0.472. The molecule has 0 spiro atoms. The molecular weight excluding hydrogens is 220 g/mol. The molecule has 2 fully saturated rings. The maximum absolute atomic E-state index is 12.4. The molecule has 5 heteroatoms. The van der Waals surface area contributed by atoms with Gasteiger partial charge in [-0.15, -0.1) is 0 Å². The van der Waals surface area contributed by atoms with Crippen LogP contribution in [-0.2, 0) is 9.59 Å². The van der Waals surface area contributed by atoms with Crippen molar-refractivity contribution in [1.82, 2.24) is 10.2 Å². The Morgan fingerprint density at radius 1 is 1.41 bits per heavy atom. The normalized spacial score (nSPS) is 33.7. The van der Waals surface area contributed by atoms with E-state index in [0.29, 0.717) is 19.5 Å². The number of aliphatic carboxylic acids is 1. The third-order valence-corrected chi connectivity index (χ3v) is 3.90. The first-order valence-corrected chi connectivity index (χ1v) is 6.30. The smallest absolute Gasteiger partial charge is 0.308 e. The third kappa shape index (κ3) is 2.44. The molecule has 2 atom stereocenters. The van der Waals surface area contributed by atoms with Gasteiger partial charge in [-0.3, -0.25) is 9.59 Å². The molecule has 2 aliphatic rings. The van der Waals surface area contributed by atoms with Gasteiger partial charge in [0.05, 0.1) is 11.5 Å². The molecule has 2 aliphatic heterocycles. The number of nitrogens with one attached hydrogen (secondary N) is 1. The highest BCUT2D eigenvalue weighted by Crippen LogP contribution is 2.25. The van der Waals surface area contributed by atoms with E-state index in [0.717, 1.165) is 25.8 Å². The number of likely N-dealkylation sites (tertiary alicyclic amines) is 1. The predicted octanol–water partition coefficient (Wildman–Crippen LogP) is 0.452. The fourth-order valence-corrected chi connectivity index (χ4v) is 2.79. The summed E-state index contributed by atoms with van der Waals surface area (Å²) in [6, 6.07) is 0. The van der Waals surface area contributed by atoms with Crippen LogP contribution in [0.5, 0.6) is 0 Å². The van der Waals surface area contributed by atoms with Crippen LogP contribution >= 0.6 is 0 Å². The van der Waals surface area contributed by atoms with Gasteiger partial charge in [-0.05, 0) is 39.2 Å². The van der Waals surface area contributed by atoms with Gasteiger partial charge in [0.25, 0.3) is 0 Å². The van der Waals surface area contributed by atoms with Crippen molar-refractivity contribution in [2.75, 3.05) is 19.6 Å². The van der Waals surface area contributed by atoms with Gasteiger partial charge in [0.2, 0.25) is 5.91 Å². The zero-order chi connectivity index (χ0) is 12.5. The Hall–Kier alpha value is -1.10. The summed E-state index contributed by atoms with van der Waals surface area (Å²) in [6.45, 7) is 3.86. The summed E-state index contributed by atoms with van der Waals surface area (Å²) < 4.78 is 0. The van der Waals surface area contributed by atoms with Crippen molar-refractivity contribution in [1.29, 1.82) is 0 Å². The van der Waals surface area contributed by atoms with Crippen molar-refractivity contribution in [3.63, 3.8) is 0 Å². The van der Waals surface area contributed by atoms with Gasteiger partial charge in [-0.2, -0.15) is 0 Å². The molecule has 0 radical (unpaired) electrons. The zero-order valence-electron chi connectivity index (χ0n) is 10.2. The molecule has 17 heavy (non-hydrogen) atoms. The minimum absolute atomic E-state index is 0.0703. The number of carbonyl (C=O) groups excluding carboxylic acids is 1. The lowest BCUT2D eigenvalue weighted by Gasteiger charge is -2.36. The SMILES string of the molecule is CC1(C(=O)N2CCC[C@H](C(=O)O)C2)CCCN1.